The molecule has 2 N–H and O–H groups in total. The van der Waals surface area contributed by atoms with Gasteiger partial charge >= 0.3 is 11.8 Å². The number of aliphatic hydroxyl groups excluding tert-OH is 1. The lowest BCUT2D eigenvalue weighted by molar-refractivity contribution is -0.150. The molecule has 0 spiro atoms. The minimum atomic E-state index is -0.666. The first-order chi connectivity index (χ1) is 8.06. The van der Waals surface area contributed by atoms with Gasteiger partial charge in [-0.15, -0.1) is 0 Å². The summed E-state index contributed by atoms with van der Waals surface area (Å²) >= 11 is 0. The minimum Gasteiger partial charge on any atom is -0.389 e. The second-order valence-electron chi connectivity index (χ2n) is 4.18. The predicted molar refractivity (Wildman–Crippen MR) is 62.4 cm³/mol. The molecule has 1 fully saturated rings. The number of amides is 2. The van der Waals surface area contributed by atoms with Crippen LogP contribution in [0.3, 0.4) is 0 Å². The maximum absolute atomic E-state index is 11.6. The molecule has 0 aliphatic carbocycles. The molecule has 1 aliphatic rings. The van der Waals surface area contributed by atoms with Crippen molar-refractivity contribution < 1.29 is 14.7 Å². The van der Waals surface area contributed by atoms with Crippen molar-refractivity contribution in [1.82, 2.24) is 4.90 Å². The predicted octanol–water partition coefficient (Wildman–Crippen LogP) is 0.137. The highest BCUT2D eigenvalue weighted by Crippen LogP contribution is 2.11. The topological polar surface area (TPSA) is 69.6 Å². The van der Waals surface area contributed by atoms with Gasteiger partial charge in [0.1, 0.15) is 0 Å². The molecule has 0 saturated carbocycles. The smallest absolute Gasteiger partial charge is 0.313 e. The summed E-state index contributed by atoms with van der Waals surface area (Å²) < 4.78 is 0. The van der Waals surface area contributed by atoms with Crippen molar-refractivity contribution in [2.24, 2.45) is 0 Å². The van der Waals surface area contributed by atoms with E-state index in [1.54, 1.807) is 12.1 Å². The molecule has 0 bridgehead atoms. The Morgan fingerprint density at radius 1 is 1.29 bits per heavy atom. The molecule has 1 aromatic rings. The van der Waals surface area contributed by atoms with E-state index in [1.165, 1.54) is 4.90 Å². The maximum atomic E-state index is 11.6. The zero-order valence-electron chi connectivity index (χ0n) is 9.51. The van der Waals surface area contributed by atoms with Crippen LogP contribution in [-0.2, 0) is 9.59 Å². The van der Waals surface area contributed by atoms with Crippen LogP contribution in [0, 0.1) is 6.92 Å². The van der Waals surface area contributed by atoms with Gasteiger partial charge in [-0.25, -0.2) is 0 Å². The molecule has 90 valence electrons. The normalized spacial score (nSPS) is 15.3. The van der Waals surface area contributed by atoms with E-state index in [2.05, 4.69) is 5.32 Å². The standard InChI is InChI=1S/C12H14N2O3/c1-8-2-4-9(5-3-8)13-11(16)12(17)14-6-10(15)7-14/h2-5,10,15H,6-7H2,1H3,(H,13,16). The molecule has 17 heavy (non-hydrogen) atoms. The Morgan fingerprint density at radius 2 is 1.88 bits per heavy atom. The van der Waals surface area contributed by atoms with Gasteiger partial charge in [-0.05, 0) is 19.1 Å². The monoisotopic (exact) mass is 234 g/mol. The third kappa shape index (κ3) is 2.62. The molecule has 1 saturated heterocycles. The first-order valence-corrected chi connectivity index (χ1v) is 5.41. The molecule has 5 heteroatoms. The zero-order valence-corrected chi connectivity index (χ0v) is 9.51. The molecule has 1 aromatic carbocycles. The van der Waals surface area contributed by atoms with Crippen molar-refractivity contribution in [3.63, 3.8) is 0 Å². The van der Waals surface area contributed by atoms with Crippen molar-refractivity contribution in [3.05, 3.63) is 29.8 Å². The first kappa shape index (κ1) is 11.6. The Hall–Kier alpha value is -1.88. The van der Waals surface area contributed by atoms with Crippen molar-refractivity contribution in [2.75, 3.05) is 18.4 Å². The van der Waals surface area contributed by atoms with Crippen molar-refractivity contribution in [1.29, 1.82) is 0 Å². The molecule has 2 rings (SSSR count). The molecular weight excluding hydrogens is 220 g/mol. The number of β-amino-alcohol motifs (C(OH)–C–C–N with tert-alkyl or cyclic N) is 1. The number of benzene rings is 1. The van der Waals surface area contributed by atoms with E-state index in [0.717, 1.165) is 5.56 Å². The van der Waals surface area contributed by atoms with Gasteiger partial charge in [-0.3, -0.25) is 9.59 Å². The first-order valence-electron chi connectivity index (χ1n) is 5.41. The Bertz CT molecular complexity index is 436. The van der Waals surface area contributed by atoms with E-state index in [4.69, 9.17) is 5.11 Å². The van der Waals surface area contributed by atoms with Crippen LogP contribution in [0.2, 0.25) is 0 Å². The van der Waals surface area contributed by atoms with E-state index in [0.29, 0.717) is 5.69 Å². The molecule has 0 aromatic heterocycles. The molecule has 1 aliphatic heterocycles. The lowest BCUT2D eigenvalue weighted by atomic mass is 10.1. The van der Waals surface area contributed by atoms with E-state index in [1.807, 2.05) is 19.1 Å². The fourth-order valence-corrected chi connectivity index (χ4v) is 1.59. The summed E-state index contributed by atoms with van der Waals surface area (Å²) in [6.07, 6.45) is -0.494. The summed E-state index contributed by atoms with van der Waals surface area (Å²) in [5.41, 5.74) is 1.68. The molecule has 0 atom stereocenters. The Morgan fingerprint density at radius 3 is 2.41 bits per heavy atom. The molecular formula is C12H14N2O3. The highest BCUT2D eigenvalue weighted by Gasteiger charge is 2.32. The van der Waals surface area contributed by atoms with Gasteiger partial charge in [-0.1, -0.05) is 17.7 Å². The van der Waals surface area contributed by atoms with Gasteiger partial charge in [0.15, 0.2) is 0 Å². The van der Waals surface area contributed by atoms with E-state index >= 15 is 0 Å². The number of carbonyl (C=O) groups is 2. The quantitative estimate of drug-likeness (QED) is 0.679. The average molecular weight is 234 g/mol. The van der Waals surface area contributed by atoms with Crippen molar-refractivity contribution in [3.8, 4) is 0 Å². The number of hydrogen-bond donors (Lipinski definition) is 2. The summed E-state index contributed by atoms with van der Waals surface area (Å²) in [6, 6.07) is 7.19. The van der Waals surface area contributed by atoms with Crippen LogP contribution in [0.5, 0.6) is 0 Å². The second-order valence-corrected chi connectivity index (χ2v) is 4.18. The summed E-state index contributed by atoms with van der Waals surface area (Å²) in [7, 11) is 0. The number of hydrogen-bond acceptors (Lipinski definition) is 3. The SMILES string of the molecule is Cc1ccc(NC(=O)C(=O)N2CC(O)C2)cc1. The number of likely N-dealkylation sites (tertiary alicyclic amines) is 1. The van der Waals surface area contributed by atoms with Gasteiger partial charge < -0.3 is 15.3 Å². The van der Waals surface area contributed by atoms with Crippen LogP contribution in [-0.4, -0.2) is 41.0 Å². The largest absolute Gasteiger partial charge is 0.389 e. The molecule has 2 amide bonds. The van der Waals surface area contributed by atoms with Crippen LogP contribution in [0.15, 0.2) is 24.3 Å². The summed E-state index contributed by atoms with van der Waals surface area (Å²) in [5.74, 6) is -1.27. The molecule has 0 unspecified atom stereocenters. The third-order valence-corrected chi connectivity index (χ3v) is 2.65. The number of carbonyl (C=O) groups excluding carboxylic acids is 2. The van der Waals surface area contributed by atoms with Gasteiger partial charge in [0, 0.05) is 18.8 Å². The molecule has 0 radical (unpaired) electrons. The highest BCUT2D eigenvalue weighted by molar-refractivity contribution is 6.39. The summed E-state index contributed by atoms with van der Waals surface area (Å²) in [5, 5.41) is 11.6. The third-order valence-electron chi connectivity index (χ3n) is 2.65. The Labute approximate surface area is 99.0 Å². The van der Waals surface area contributed by atoms with Crippen LogP contribution in [0.1, 0.15) is 5.56 Å². The summed E-state index contributed by atoms with van der Waals surface area (Å²) in [4.78, 5) is 24.4. The Kier molecular flexibility index (Phi) is 3.10. The van der Waals surface area contributed by atoms with E-state index < -0.39 is 17.9 Å². The van der Waals surface area contributed by atoms with Gasteiger partial charge in [-0.2, -0.15) is 0 Å². The number of anilines is 1. The second kappa shape index (κ2) is 4.55. The maximum Gasteiger partial charge on any atom is 0.313 e. The van der Waals surface area contributed by atoms with Gasteiger partial charge in [0.25, 0.3) is 0 Å². The summed E-state index contributed by atoms with van der Waals surface area (Å²) in [6.45, 7) is 2.42. The van der Waals surface area contributed by atoms with E-state index in [9.17, 15) is 9.59 Å². The zero-order chi connectivity index (χ0) is 12.4. The fourth-order valence-electron chi connectivity index (χ4n) is 1.59. The number of nitrogens with zero attached hydrogens (tertiary/aromatic N) is 1. The molecule has 1 heterocycles. The van der Waals surface area contributed by atoms with Crippen molar-refractivity contribution >= 4 is 17.5 Å². The van der Waals surface area contributed by atoms with Gasteiger partial charge in [0.05, 0.1) is 6.10 Å². The van der Waals surface area contributed by atoms with Crippen LogP contribution < -0.4 is 5.32 Å². The van der Waals surface area contributed by atoms with E-state index in [-0.39, 0.29) is 13.1 Å². The highest BCUT2D eigenvalue weighted by atomic mass is 16.3. The lowest BCUT2D eigenvalue weighted by Crippen LogP contribution is -2.56. The van der Waals surface area contributed by atoms with Crippen LogP contribution in [0.4, 0.5) is 5.69 Å². The van der Waals surface area contributed by atoms with Gasteiger partial charge in [0.2, 0.25) is 0 Å². The fraction of sp³-hybridized carbons (Fsp3) is 0.333. The lowest BCUT2D eigenvalue weighted by Gasteiger charge is -2.35. The number of aryl methyl sites for hydroxylation is 1. The average Bonchev–Trinajstić information content (AvgIpc) is 2.27. The minimum absolute atomic E-state index is 0.236. The number of rotatable bonds is 1. The number of nitrogens with one attached hydrogen (secondary N) is 1. The van der Waals surface area contributed by atoms with Crippen molar-refractivity contribution in [2.45, 2.75) is 13.0 Å². The Balaban J connectivity index is 1.92. The number of aliphatic hydroxyl groups is 1. The van der Waals surface area contributed by atoms with Crippen LogP contribution in [0.25, 0.3) is 0 Å². The van der Waals surface area contributed by atoms with Crippen LogP contribution >= 0.6 is 0 Å². The molecule has 5 nitrogen and oxygen atoms in total.